The number of benzene rings is 2. The first-order valence-corrected chi connectivity index (χ1v) is 10.4. The minimum atomic E-state index is -0.389. The lowest BCUT2D eigenvalue weighted by Crippen LogP contribution is -2.36. The number of nitrogens with zero attached hydrogens (tertiary/aromatic N) is 3. The second-order valence-electron chi connectivity index (χ2n) is 6.97. The van der Waals surface area contributed by atoms with Gasteiger partial charge < -0.3 is 20.3 Å². The first-order valence-electron chi connectivity index (χ1n) is 10.1. The minimum Gasteiger partial charge on any atom is -0.378 e. The van der Waals surface area contributed by atoms with Gasteiger partial charge >= 0.3 is 0 Å². The first kappa shape index (κ1) is 21.8. The van der Waals surface area contributed by atoms with Crippen LogP contribution in [0.2, 0.25) is 5.02 Å². The average molecular weight is 455 g/mol. The summed E-state index contributed by atoms with van der Waals surface area (Å²) in [6.45, 7) is 3.24. The van der Waals surface area contributed by atoms with Crippen LogP contribution in [0.5, 0.6) is 0 Å². The lowest BCUT2D eigenvalue weighted by molar-refractivity contribution is 0.0538. The van der Waals surface area contributed by atoms with Crippen LogP contribution >= 0.6 is 11.6 Å². The molecule has 166 valence electrons. The van der Waals surface area contributed by atoms with E-state index in [4.69, 9.17) is 21.2 Å². The summed E-state index contributed by atoms with van der Waals surface area (Å²) < 4.78 is 5.40. The molecule has 1 amide bonds. The zero-order valence-electron chi connectivity index (χ0n) is 17.5. The lowest BCUT2D eigenvalue weighted by atomic mass is 10.1. The van der Waals surface area contributed by atoms with Crippen molar-refractivity contribution in [3.63, 3.8) is 0 Å². The zero-order chi connectivity index (χ0) is 22.3. The Morgan fingerprint density at radius 1 is 1.09 bits per heavy atom. The van der Waals surface area contributed by atoms with Crippen molar-refractivity contribution in [2.24, 2.45) is 0 Å². The maximum absolute atomic E-state index is 12.2. The molecule has 4 rings (SSSR count). The Balaban J connectivity index is 1.49. The van der Waals surface area contributed by atoms with E-state index < -0.39 is 0 Å². The monoisotopic (exact) mass is 454 g/mol. The van der Waals surface area contributed by atoms with Crippen LogP contribution in [-0.2, 0) is 9.57 Å². The van der Waals surface area contributed by atoms with Gasteiger partial charge in [0.25, 0.3) is 5.91 Å². The van der Waals surface area contributed by atoms with Gasteiger partial charge in [0, 0.05) is 24.5 Å². The predicted octanol–water partition coefficient (Wildman–Crippen LogP) is 3.75. The second kappa shape index (κ2) is 10.3. The van der Waals surface area contributed by atoms with E-state index in [1.54, 1.807) is 24.3 Å². The van der Waals surface area contributed by atoms with E-state index in [0.717, 1.165) is 37.7 Å². The van der Waals surface area contributed by atoms with Crippen molar-refractivity contribution in [1.82, 2.24) is 15.4 Å². The Labute approximate surface area is 190 Å². The van der Waals surface area contributed by atoms with Crippen LogP contribution in [0.3, 0.4) is 0 Å². The highest BCUT2D eigenvalue weighted by molar-refractivity contribution is 6.33. The summed E-state index contributed by atoms with van der Waals surface area (Å²) in [6, 6.07) is 15.0. The molecular formula is C22H23ClN6O3. The van der Waals surface area contributed by atoms with Gasteiger partial charge in [0.1, 0.15) is 5.02 Å². The van der Waals surface area contributed by atoms with Crippen LogP contribution in [0.25, 0.3) is 0 Å². The van der Waals surface area contributed by atoms with Crippen LogP contribution in [0.15, 0.2) is 54.7 Å². The molecule has 1 aromatic heterocycles. The second-order valence-corrected chi connectivity index (χ2v) is 7.37. The molecule has 32 heavy (non-hydrogen) atoms. The summed E-state index contributed by atoms with van der Waals surface area (Å²) in [5, 5.41) is 6.60. The fourth-order valence-corrected chi connectivity index (χ4v) is 3.42. The fraction of sp³-hybridized carbons (Fsp3) is 0.227. The number of anilines is 5. The molecule has 1 fully saturated rings. The van der Waals surface area contributed by atoms with Crippen LogP contribution in [-0.4, -0.2) is 49.3 Å². The van der Waals surface area contributed by atoms with Crippen LogP contribution in [0.1, 0.15) is 10.4 Å². The quantitative estimate of drug-likeness (QED) is 0.464. The summed E-state index contributed by atoms with van der Waals surface area (Å²) in [5.41, 5.74) is 5.21. The number of nitrogens with one attached hydrogen (secondary N) is 3. The Morgan fingerprint density at radius 2 is 1.84 bits per heavy atom. The van der Waals surface area contributed by atoms with Crippen molar-refractivity contribution in [3.05, 3.63) is 65.3 Å². The number of hydrogen-bond donors (Lipinski definition) is 3. The van der Waals surface area contributed by atoms with Crippen molar-refractivity contribution in [2.45, 2.75) is 0 Å². The van der Waals surface area contributed by atoms with Crippen molar-refractivity contribution in [1.29, 1.82) is 0 Å². The van der Waals surface area contributed by atoms with Gasteiger partial charge in [-0.15, -0.1) is 0 Å². The highest BCUT2D eigenvalue weighted by atomic mass is 35.5. The van der Waals surface area contributed by atoms with E-state index in [0.29, 0.717) is 28.0 Å². The van der Waals surface area contributed by atoms with Crippen LogP contribution in [0.4, 0.5) is 28.8 Å². The summed E-state index contributed by atoms with van der Waals surface area (Å²) in [4.78, 5) is 28.0. The van der Waals surface area contributed by atoms with Crippen molar-refractivity contribution >= 4 is 46.3 Å². The van der Waals surface area contributed by atoms with Gasteiger partial charge in [-0.1, -0.05) is 23.7 Å². The molecular weight excluding hydrogens is 432 g/mol. The molecule has 1 aliphatic heterocycles. The van der Waals surface area contributed by atoms with Gasteiger partial charge in [-0.3, -0.25) is 9.63 Å². The smallest absolute Gasteiger partial charge is 0.276 e. The number of ether oxygens (including phenoxy) is 1. The number of halogens is 1. The molecule has 1 saturated heterocycles. The Morgan fingerprint density at radius 3 is 2.59 bits per heavy atom. The van der Waals surface area contributed by atoms with Gasteiger partial charge in [-0.05, 0) is 36.4 Å². The van der Waals surface area contributed by atoms with Crippen molar-refractivity contribution < 1.29 is 14.4 Å². The summed E-state index contributed by atoms with van der Waals surface area (Å²) >= 11 is 6.29. The Kier molecular flexibility index (Phi) is 7.00. The number of aromatic nitrogens is 2. The predicted molar refractivity (Wildman–Crippen MR) is 124 cm³/mol. The number of hydrogen-bond acceptors (Lipinski definition) is 8. The summed E-state index contributed by atoms with van der Waals surface area (Å²) in [7, 11) is 1.38. The molecule has 0 saturated carbocycles. The van der Waals surface area contributed by atoms with Crippen molar-refractivity contribution in [3.8, 4) is 0 Å². The van der Waals surface area contributed by atoms with E-state index in [9.17, 15) is 4.79 Å². The van der Waals surface area contributed by atoms with E-state index in [-0.39, 0.29) is 5.91 Å². The molecule has 0 unspecified atom stereocenters. The number of amides is 1. The number of hydroxylamine groups is 1. The molecule has 0 aliphatic carbocycles. The minimum absolute atomic E-state index is 0.320. The molecule has 0 bridgehead atoms. The normalized spacial score (nSPS) is 13.5. The fourth-order valence-electron chi connectivity index (χ4n) is 3.29. The lowest BCUT2D eigenvalue weighted by Gasteiger charge is -2.28. The highest BCUT2D eigenvalue weighted by Gasteiger charge is 2.14. The SMILES string of the molecule is CONC(=O)c1ccccc1Nc1nc(Nc2ccc(N3CCOCC3)cc2)ncc1Cl. The van der Waals surface area contributed by atoms with Gasteiger partial charge in [0.05, 0.1) is 37.8 Å². The number of carbonyl (C=O) groups is 1. The van der Waals surface area contributed by atoms with E-state index in [1.165, 1.54) is 13.3 Å². The molecule has 10 heteroatoms. The van der Waals surface area contributed by atoms with Crippen LogP contribution in [0, 0.1) is 0 Å². The standard InChI is InChI=1S/C22H23ClN6O3/c1-31-28-21(30)17-4-2-3-5-19(17)26-20-18(23)14-24-22(27-20)25-15-6-8-16(9-7-15)29-10-12-32-13-11-29/h2-9,14H,10-13H2,1H3,(H,28,30)(H2,24,25,26,27). The zero-order valence-corrected chi connectivity index (χ0v) is 18.2. The average Bonchev–Trinajstić information content (AvgIpc) is 2.83. The maximum atomic E-state index is 12.2. The molecule has 0 atom stereocenters. The third-order valence-electron chi connectivity index (χ3n) is 4.86. The third-order valence-corrected chi connectivity index (χ3v) is 5.14. The summed E-state index contributed by atoms with van der Waals surface area (Å²) in [5.74, 6) is 0.348. The molecule has 0 radical (unpaired) electrons. The van der Waals surface area contributed by atoms with E-state index in [2.05, 4.69) is 31.0 Å². The maximum Gasteiger partial charge on any atom is 0.276 e. The third kappa shape index (κ3) is 5.25. The molecule has 1 aliphatic rings. The molecule has 3 aromatic rings. The number of carbonyl (C=O) groups excluding carboxylic acids is 1. The number of para-hydroxylation sites is 1. The molecule has 9 nitrogen and oxygen atoms in total. The number of rotatable bonds is 7. The molecule has 2 aromatic carbocycles. The van der Waals surface area contributed by atoms with Gasteiger partial charge in [-0.25, -0.2) is 10.5 Å². The highest BCUT2D eigenvalue weighted by Crippen LogP contribution is 2.27. The van der Waals surface area contributed by atoms with Gasteiger partial charge in [-0.2, -0.15) is 4.98 Å². The topological polar surface area (TPSA) is 101 Å². The Hall–Kier alpha value is -3.40. The largest absolute Gasteiger partial charge is 0.378 e. The van der Waals surface area contributed by atoms with Gasteiger partial charge in [0.15, 0.2) is 5.82 Å². The first-order chi connectivity index (χ1) is 15.6. The Bertz CT molecular complexity index is 1070. The van der Waals surface area contributed by atoms with Crippen LogP contribution < -0.4 is 21.0 Å². The molecule has 0 spiro atoms. The van der Waals surface area contributed by atoms with Gasteiger partial charge in [0.2, 0.25) is 5.95 Å². The van der Waals surface area contributed by atoms with E-state index >= 15 is 0 Å². The van der Waals surface area contributed by atoms with E-state index in [1.807, 2.05) is 24.3 Å². The van der Waals surface area contributed by atoms with Crippen molar-refractivity contribution in [2.75, 3.05) is 48.9 Å². The number of morpholine rings is 1. The summed E-state index contributed by atoms with van der Waals surface area (Å²) in [6.07, 6.45) is 1.50. The molecule has 3 N–H and O–H groups in total. The molecule has 2 heterocycles.